The van der Waals surface area contributed by atoms with Crippen LogP contribution in [0, 0.1) is 0 Å². The van der Waals surface area contributed by atoms with Gasteiger partial charge in [0.05, 0.1) is 6.61 Å². The van der Waals surface area contributed by atoms with Crippen LogP contribution in [-0.2, 0) is 0 Å². The lowest BCUT2D eigenvalue weighted by molar-refractivity contribution is 0.344. The van der Waals surface area contributed by atoms with Crippen LogP contribution in [0.15, 0.2) is 35.7 Å². The first-order chi connectivity index (χ1) is 8.75. The lowest BCUT2D eigenvalue weighted by Crippen LogP contribution is -2.29. The van der Waals surface area contributed by atoms with Gasteiger partial charge in [0.15, 0.2) is 5.16 Å². The molecule has 8 heteroatoms. The van der Waals surface area contributed by atoms with Crippen LogP contribution in [0.2, 0.25) is 0 Å². The maximum atomic E-state index is 8.93. The summed E-state index contributed by atoms with van der Waals surface area (Å²) in [5.74, 6) is 1.44. The molecule has 0 saturated carbocycles. The zero-order chi connectivity index (χ0) is 12.8. The first-order valence-electron chi connectivity index (χ1n) is 5.33. The van der Waals surface area contributed by atoms with Gasteiger partial charge in [0, 0.05) is 5.75 Å². The van der Waals surface area contributed by atoms with E-state index in [9.17, 15) is 0 Å². The summed E-state index contributed by atoms with van der Waals surface area (Å²) in [6, 6.07) is 6.63. The summed E-state index contributed by atoms with van der Waals surface area (Å²) in [7, 11) is -1.44. The molecule has 2 rings (SSSR count). The second-order valence-electron chi connectivity index (χ2n) is 3.43. The normalized spacial score (nSPS) is 10.3. The summed E-state index contributed by atoms with van der Waals surface area (Å²) in [6.07, 6.45) is 1.46. The number of thioether (sulfide) groups is 1. The summed E-state index contributed by atoms with van der Waals surface area (Å²) in [4.78, 5) is 3.98. The summed E-state index contributed by atoms with van der Waals surface area (Å²) < 4.78 is 5.49. The third-order valence-corrected chi connectivity index (χ3v) is 3.00. The highest BCUT2D eigenvalue weighted by Crippen LogP contribution is 2.12. The predicted octanol–water partition coefficient (Wildman–Crippen LogP) is -0.344. The molecule has 6 nitrogen and oxygen atoms in total. The van der Waals surface area contributed by atoms with Crippen molar-refractivity contribution in [2.24, 2.45) is 0 Å². The number of benzene rings is 1. The zero-order valence-electron chi connectivity index (χ0n) is 9.48. The molecule has 0 atom stereocenters. The number of nitrogens with one attached hydrogen (secondary N) is 1. The molecule has 18 heavy (non-hydrogen) atoms. The van der Waals surface area contributed by atoms with Crippen LogP contribution in [0.5, 0.6) is 5.75 Å². The van der Waals surface area contributed by atoms with E-state index in [0.29, 0.717) is 17.8 Å². The minimum atomic E-state index is -1.44. The third kappa shape index (κ3) is 3.76. The highest BCUT2D eigenvalue weighted by Gasteiger charge is 2.09. The van der Waals surface area contributed by atoms with Crippen molar-refractivity contribution in [2.75, 3.05) is 12.4 Å². The summed E-state index contributed by atoms with van der Waals surface area (Å²) in [5.41, 5.74) is 0.443. The van der Waals surface area contributed by atoms with E-state index >= 15 is 0 Å². The Morgan fingerprint density at radius 2 is 2.06 bits per heavy atom. The van der Waals surface area contributed by atoms with Crippen LogP contribution in [0.25, 0.3) is 0 Å². The van der Waals surface area contributed by atoms with Gasteiger partial charge in [-0.15, -0.1) is 0 Å². The van der Waals surface area contributed by atoms with Gasteiger partial charge in [-0.05, 0) is 17.6 Å². The summed E-state index contributed by atoms with van der Waals surface area (Å²) in [6.45, 7) is 0.534. The lowest BCUT2D eigenvalue weighted by atomic mass is 9.80. The molecular formula is C10H12BN3O3S. The Hall–Kier alpha value is -1.51. The quantitative estimate of drug-likeness (QED) is 0.376. The van der Waals surface area contributed by atoms with Gasteiger partial charge in [0.25, 0.3) is 0 Å². The first-order valence-corrected chi connectivity index (χ1v) is 6.31. The van der Waals surface area contributed by atoms with Crippen molar-refractivity contribution >= 4 is 24.3 Å². The third-order valence-electron chi connectivity index (χ3n) is 2.16. The second-order valence-corrected chi connectivity index (χ2v) is 4.51. The largest absolute Gasteiger partial charge is 0.493 e. The fraction of sp³-hybridized carbons (Fsp3) is 0.200. The fourth-order valence-electron chi connectivity index (χ4n) is 1.30. The number of hydrogen-bond donors (Lipinski definition) is 3. The van der Waals surface area contributed by atoms with E-state index in [-0.39, 0.29) is 0 Å². The standard InChI is InChI=1S/C10H12BN3O3S/c15-11(16)8-1-3-9(4-2-8)17-5-6-18-10-12-7-13-14-10/h1-4,7,15-16H,5-6H2,(H,12,13,14). The summed E-state index contributed by atoms with van der Waals surface area (Å²) in [5, 5.41) is 25.1. The molecule has 1 aromatic heterocycles. The number of ether oxygens (including phenoxy) is 1. The van der Waals surface area contributed by atoms with Crippen molar-refractivity contribution in [3.63, 3.8) is 0 Å². The minimum Gasteiger partial charge on any atom is -0.493 e. The number of aromatic nitrogens is 3. The van der Waals surface area contributed by atoms with Crippen LogP contribution in [0.4, 0.5) is 0 Å². The van der Waals surface area contributed by atoms with Gasteiger partial charge >= 0.3 is 7.12 Å². The molecule has 0 amide bonds. The number of hydrogen-bond acceptors (Lipinski definition) is 6. The van der Waals surface area contributed by atoms with Crippen LogP contribution in [0.1, 0.15) is 0 Å². The molecule has 0 saturated heterocycles. The summed E-state index contributed by atoms with van der Waals surface area (Å²) >= 11 is 1.52. The Morgan fingerprint density at radius 3 is 2.67 bits per heavy atom. The zero-order valence-corrected chi connectivity index (χ0v) is 10.3. The van der Waals surface area contributed by atoms with Gasteiger partial charge in [-0.2, -0.15) is 5.10 Å². The van der Waals surface area contributed by atoms with Crippen molar-refractivity contribution in [3.8, 4) is 5.75 Å². The molecule has 0 aliphatic heterocycles. The molecule has 2 aromatic rings. The van der Waals surface area contributed by atoms with Crippen molar-refractivity contribution < 1.29 is 14.8 Å². The van der Waals surface area contributed by atoms with Gasteiger partial charge in [-0.1, -0.05) is 23.9 Å². The topological polar surface area (TPSA) is 91.3 Å². The Morgan fingerprint density at radius 1 is 1.28 bits per heavy atom. The van der Waals surface area contributed by atoms with E-state index in [2.05, 4.69) is 15.2 Å². The predicted molar refractivity (Wildman–Crippen MR) is 68.9 cm³/mol. The van der Waals surface area contributed by atoms with E-state index in [1.54, 1.807) is 24.3 Å². The molecule has 0 fully saturated rings. The van der Waals surface area contributed by atoms with Crippen molar-refractivity contribution in [2.45, 2.75) is 5.16 Å². The average Bonchev–Trinajstić information content (AvgIpc) is 2.88. The highest BCUT2D eigenvalue weighted by molar-refractivity contribution is 7.99. The molecule has 0 aliphatic rings. The smallest absolute Gasteiger partial charge is 0.488 e. The first kappa shape index (κ1) is 12.9. The van der Waals surface area contributed by atoms with Gasteiger partial charge in [-0.25, -0.2) is 4.98 Å². The second kappa shape index (κ2) is 6.43. The van der Waals surface area contributed by atoms with Crippen molar-refractivity contribution in [1.29, 1.82) is 0 Å². The Labute approximate surface area is 109 Å². The van der Waals surface area contributed by atoms with Crippen LogP contribution in [0.3, 0.4) is 0 Å². The Bertz CT molecular complexity index is 464. The van der Waals surface area contributed by atoms with Gasteiger partial charge in [0.2, 0.25) is 0 Å². The number of aromatic amines is 1. The van der Waals surface area contributed by atoms with Crippen LogP contribution < -0.4 is 10.2 Å². The fourth-order valence-corrected chi connectivity index (χ4v) is 1.90. The van der Waals surface area contributed by atoms with E-state index in [1.807, 2.05) is 0 Å². The Kier molecular flexibility index (Phi) is 4.62. The number of nitrogens with zero attached hydrogens (tertiary/aromatic N) is 2. The molecule has 0 radical (unpaired) electrons. The molecule has 0 spiro atoms. The highest BCUT2D eigenvalue weighted by atomic mass is 32.2. The molecule has 1 heterocycles. The van der Waals surface area contributed by atoms with Gasteiger partial charge in [-0.3, -0.25) is 5.10 Å². The van der Waals surface area contributed by atoms with E-state index in [4.69, 9.17) is 14.8 Å². The van der Waals surface area contributed by atoms with Crippen LogP contribution in [-0.4, -0.2) is 44.7 Å². The number of H-pyrrole nitrogens is 1. The van der Waals surface area contributed by atoms with Crippen molar-refractivity contribution in [3.05, 3.63) is 30.6 Å². The maximum Gasteiger partial charge on any atom is 0.488 e. The van der Waals surface area contributed by atoms with E-state index in [0.717, 1.165) is 10.9 Å². The minimum absolute atomic E-state index is 0.443. The molecule has 0 aliphatic carbocycles. The molecule has 0 bridgehead atoms. The monoisotopic (exact) mass is 265 g/mol. The molecule has 3 N–H and O–H groups in total. The SMILES string of the molecule is OB(O)c1ccc(OCCSc2ncn[nH]2)cc1. The van der Waals surface area contributed by atoms with E-state index in [1.165, 1.54) is 18.1 Å². The molecule has 1 aromatic carbocycles. The van der Waals surface area contributed by atoms with Gasteiger partial charge in [0.1, 0.15) is 12.1 Å². The molecule has 94 valence electrons. The maximum absolute atomic E-state index is 8.93. The molecule has 0 unspecified atom stereocenters. The van der Waals surface area contributed by atoms with E-state index < -0.39 is 7.12 Å². The van der Waals surface area contributed by atoms with Crippen LogP contribution >= 0.6 is 11.8 Å². The molecular weight excluding hydrogens is 253 g/mol. The van der Waals surface area contributed by atoms with Gasteiger partial charge < -0.3 is 14.8 Å². The van der Waals surface area contributed by atoms with Crippen molar-refractivity contribution in [1.82, 2.24) is 15.2 Å². The number of rotatable bonds is 6. The lowest BCUT2D eigenvalue weighted by Gasteiger charge is -2.06. The Balaban J connectivity index is 1.73. The average molecular weight is 265 g/mol.